The van der Waals surface area contributed by atoms with E-state index in [0.717, 1.165) is 48.8 Å². The number of aliphatic imine (C=N–C) groups is 1. The van der Waals surface area contributed by atoms with Gasteiger partial charge >= 0.3 is 0 Å². The molecule has 1 amide bonds. The predicted octanol–water partition coefficient (Wildman–Crippen LogP) is 3.14. The first-order chi connectivity index (χ1) is 16.3. The quantitative estimate of drug-likeness (QED) is 0.325. The zero-order valence-electron chi connectivity index (χ0n) is 18.8. The lowest BCUT2D eigenvalue weighted by Crippen LogP contribution is -2.38. The van der Waals surface area contributed by atoms with Crippen LogP contribution >= 0.6 is 0 Å². The second kappa shape index (κ2) is 9.98. The van der Waals surface area contributed by atoms with Gasteiger partial charge in [-0.15, -0.1) is 0 Å². The number of hydrogen-bond acceptors (Lipinski definition) is 5. The van der Waals surface area contributed by atoms with Gasteiger partial charge in [0.15, 0.2) is 17.6 Å². The number of hydrogen-bond donors (Lipinski definition) is 4. The summed E-state index contributed by atoms with van der Waals surface area (Å²) in [5, 5.41) is 6.90. The van der Waals surface area contributed by atoms with Crippen molar-refractivity contribution in [3.05, 3.63) is 65.0 Å². The van der Waals surface area contributed by atoms with Gasteiger partial charge in [-0.1, -0.05) is 30.5 Å². The van der Waals surface area contributed by atoms with Crippen molar-refractivity contribution in [1.29, 1.82) is 0 Å². The number of nitrogens with zero attached hydrogens (tertiary/aromatic N) is 3. The van der Waals surface area contributed by atoms with Gasteiger partial charge in [-0.25, -0.2) is 23.7 Å². The van der Waals surface area contributed by atoms with Crippen LogP contribution in [-0.4, -0.2) is 33.9 Å². The van der Waals surface area contributed by atoms with Crippen LogP contribution in [0, 0.1) is 18.6 Å². The van der Waals surface area contributed by atoms with Crippen LogP contribution in [0.25, 0.3) is 10.9 Å². The Hall–Kier alpha value is -3.82. The topological polar surface area (TPSA) is 131 Å². The van der Waals surface area contributed by atoms with E-state index in [1.807, 2.05) is 25.1 Å². The maximum absolute atomic E-state index is 13.5. The minimum absolute atomic E-state index is 0.00325. The van der Waals surface area contributed by atoms with Crippen LogP contribution in [0.2, 0.25) is 0 Å². The van der Waals surface area contributed by atoms with Crippen molar-refractivity contribution in [2.75, 3.05) is 5.32 Å². The average Bonchev–Trinajstić information content (AvgIpc) is 2.80. The van der Waals surface area contributed by atoms with Crippen LogP contribution in [0.1, 0.15) is 47.4 Å². The number of rotatable bonds is 6. The van der Waals surface area contributed by atoms with Gasteiger partial charge in [0.2, 0.25) is 5.82 Å². The fourth-order valence-electron chi connectivity index (χ4n) is 4.17. The summed E-state index contributed by atoms with van der Waals surface area (Å²) >= 11 is 0. The third-order valence-electron chi connectivity index (χ3n) is 5.86. The molecule has 1 saturated carbocycles. The molecule has 178 valence electrons. The number of benzene rings is 2. The number of nitrogens with two attached hydrogens (primary N) is 2. The van der Waals surface area contributed by atoms with Crippen molar-refractivity contribution < 1.29 is 13.6 Å². The number of amides is 1. The molecule has 0 saturated heterocycles. The Balaban J connectivity index is 1.62. The molecule has 8 nitrogen and oxygen atoms in total. The van der Waals surface area contributed by atoms with Gasteiger partial charge in [0.05, 0.1) is 17.6 Å². The van der Waals surface area contributed by atoms with E-state index in [1.54, 1.807) is 0 Å². The largest absolute Gasteiger partial charge is 0.370 e. The van der Waals surface area contributed by atoms with Gasteiger partial charge in [-0.05, 0) is 49.6 Å². The van der Waals surface area contributed by atoms with Crippen LogP contribution in [0.3, 0.4) is 0 Å². The Bertz CT molecular complexity index is 1240. The molecule has 3 aromatic rings. The maximum Gasteiger partial charge on any atom is 0.289 e. The molecule has 1 aliphatic rings. The summed E-state index contributed by atoms with van der Waals surface area (Å²) in [5.41, 5.74) is 13.3. The summed E-state index contributed by atoms with van der Waals surface area (Å²) in [4.78, 5) is 26.2. The molecule has 2 unspecified atom stereocenters. The fourth-order valence-corrected chi connectivity index (χ4v) is 4.17. The van der Waals surface area contributed by atoms with E-state index < -0.39 is 17.5 Å². The lowest BCUT2D eigenvalue weighted by atomic mass is 9.90. The fraction of sp³-hybridized carbons (Fsp3) is 0.333. The molecule has 1 aliphatic carbocycles. The van der Waals surface area contributed by atoms with Crippen LogP contribution < -0.4 is 22.1 Å². The Morgan fingerprint density at radius 3 is 2.65 bits per heavy atom. The predicted molar refractivity (Wildman–Crippen MR) is 127 cm³/mol. The molecule has 0 aliphatic heterocycles. The molecule has 2 aromatic carbocycles. The van der Waals surface area contributed by atoms with E-state index in [1.165, 1.54) is 6.07 Å². The molecule has 0 radical (unpaired) electrons. The number of halogens is 2. The normalized spacial score (nSPS) is 17.9. The van der Waals surface area contributed by atoms with E-state index >= 15 is 0 Å². The monoisotopic (exact) mass is 467 g/mol. The molecule has 1 fully saturated rings. The van der Waals surface area contributed by atoms with Crippen molar-refractivity contribution >= 4 is 28.6 Å². The first-order valence-electron chi connectivity index (χ1n) is 11.2. The SMILES string of the molecule is Cc1ccc2nc(C(=O)NCc3ccc(F)c(F)c3)nc(NC3CCCCC3N=C(N)N)c2c1. The van der Waals surface area contributed by atoms with Gasteiger partial charge in [-0.3, -0.25) is 4.79 Å². The highest BCUT2D eigenvalue weighted by atomic mass is 19.2. The summed E-state index contributed by atoms with van der Waals surface area (Å²) in [7, 11) is 0. The number of carbonyl (C=O) groups is 1. The zero-order chi connectivity index (χ0) is 24.2. The van der Waals surface area contributed by atoms with Crippen molar-refractivity contribution in [1.82, 2.24) is 15.3 Å². The lowest BCUT2D eigenvalue weighted by molar-refractivity contribution is 0.0941. The first kappa shape index (κ1) is 23.3. The minimum atomic E-state index is -0.974. The molecule has 6 N–H and O–H groups in total. The van der Waals surface area contributed by atoms with Crippen LogP contribution in [0.5, 0.6) is 0 Å². The second-order valence-corrected chi connectivity index (χ2v) is 8.50. The van der Waals surface area contributed by atoms with Crippen molar-refractivity contribution in [3.63, 3.8) is 0 Å². The summed E-state index contributed by atoms with van der Waals surface area (Å²) in [6, 6.07) is 9.02. The van der Waals surface area contributed by atoms with E-state index in [9.17, 15) is 13.6 Å². The van der Waals surface area contributed by atoms with Crippen LogP contribution in [0.4, 0.5) is 14.6 Å². The van der Waals surface area contributed by atoms with Gasteiger partial charge in [0.1, 0.15) is 5.82 Å². The number of fused-ring (bicyclic) bond motifs is 1. The molecule has 34 heavy (non-hydrogen) atoms. The Morgan fingerprint density at radius 2 is 1.88 bits per heavy atom. The number of aromatic nitrogens is 2. The number of aryl methyl sites for hydroxylation is 1. The molecular formula is C24H27F2N7O. The van der Waals surface area contributed by atoms with Crippen LogP contribution in [0.15, 0.2) is 41.4 Å². The number of carbonyl (C=O) groups excluding carboxylic acids is 1. The molecule has 4 rings (SSSR count). The first-order valence-corrected chi connectivity index (χ1v) is 11.2. The molecule has 2 atom stereocenters. The third-order valence-corrected chi connectivity index (χ3v) is 5.86. The summed E-state index contributed by atoms with van der Waals surface area (Å²) in [6.45, 7) is 1.97. The smallest absolute Gasteiger partial charge is 0.289 e. The van der Waals surface area contributed by atoms with Gasteiger partial charge in [0.25, 0.3) is 5.91 Å². The average molecular weight is 468 g/mol. The molecule has 1 heterocycles. The van der Waals surface area contributed by atoms with Gasteiger partial charge < -0.3 is 22.1 Å². The number of nitrogens with one attached hydrogen (secondary N) is 2. The van der Waals surface area contributed by atoms with E-state index in [-0.39, 0.29) is 30.4 Å². The number of anilines is 1. The molecular weight excluding hydrogens is 440 g/mol. The number of guanidine groups is 1. The highest BCUT2D eigenvalue weighted by Gasteiger charge is 2.26. The molecule has 10 heteroatoms. The molecule has 1 aromatic heterocycles. The highest BCUT2D eigenvalue weighted by Crippen LogP contribution is 2.28. The Labute approximate surface area is 195 Å². The minimum Gasteiger partial charge on any atom is -0.370 e. The summed E-state index contributed by atoms with van der Waals surface area (Å²) in [5.74, 6) is -1.91. The summed E-state index contributed by atoms with van der Waals surface area (Å²) in [6.07, 6.45) is 3.76. The van der Waals surface area contributed by atoms with Gasteiger partial charge in [-0.2, -0.15) is 0 Å². The van der Waals surface area contributed by atoms with E-state index in [0.29, 0.717) is 16.9 Å². The standard InChI is InChI=1S/C24H27F2N7O/c1-13-6-9-18-15(10-13)21(31-19-4-2-3-5-20(19)32-24(27)28)33-22(30-18)23(34)29-12-14-7-8-16(25)17(26)11-14/h6-11,19-20H,2-5,12H2,1H3,(H,29,34)(H4,27,28,32)(H,30,31,33). The van der Waals surface area contributed by atoms with Crippen molar-refractivity contribution in [2.45, 2.75) is 51.2 Å². The van der Waals surface area contributed by atoms with Crippen LogP contribution in [-0.2, 0) is 6.54 Å². The Morgan fingerprint density at radius 1 is 1.09 bits per heavy atom. The van der Waals surface area contributed by atoms with E-state index in [4.69, 9.17) is 11.5 Å². The molecule has 0 spiro atoms. The van der Waals surface area contributed by atoms with Gasteiger partial charge in [0, 0.05) is 11.9 Å². The third kappa shape index (κ3) is 5.38. The zero-order valence-corrected chi connectivity index (χ0v) is 18.8. The summed E-state index contributed by atoms with van der Waals surface area (Å²) < 4.78 is 26.6. The highest BCUT2D eigenvalue weighted by molar-refractivity contribution is 5.96. The Kier molecular flexibility index (Phi) is 6.85. The lowest BCUT2D eigenvalue weighted by Gasteiger charge is -2.30. The van der Waals surface area contributed by atoms with Crippen molar-refractivity contribution in [3.8, 4) is 0 Å². The molecule has 0 bridgehead atoms. The van der Waals surface area contributed by atoms with Crippen molar-refractivity contribution in [2.24, 2.45) is 16.5 Å². The maximum atomic E-state index is 13.5. The van der Waals surface area contributed by atoms with E-state index in [2.05, 4.69) is 25.6 Å². The second-order valence-electron chi connectivity index (χ2n) is 8.50.